The number of nitrogens with two attached hydrogens (primary N) is 1. The van der Waals surface area contributed by atoms with Gasteiger partial charge in [0.05, 0.1) is 6.10 Å². The predicted octanol–water partition coefficient (Wildman–Crippen LogP) is -1.74. The standard InChI is InChI=1S/C7H17N3O/c8-2-1-3-10-6-4-9-5-7(6)11/h6-7,9-11H,1-5,8H2/t6-,7-/m1/s1. The molecule has 0 aromatic rings. The quantitative estimate of drug-likeness (QED) is 0.367. The summed E-state index contributed by atoms with van der Waals surface area (Å²) in [6.45, 7) is 3.19. The lowest BCUT2D eigenvalue weighted by Crippen LogP contribution is -2.39. The van der Waals surface area contributed by atoms with Crippen molar-refractivity contribution in [3.05, 3.63) is 0 Å². The van der Waals surface area contributed by atoms with Gasteiger partial charge in [-0.05, 0) is 19.5 Å². The van der Waals surface area contributed by atoms with Gasteiger partial charge < -0.3 is 21.5 Å². The Bertz CT molecular complexity index is 110. The van der Waals surface area contributed by atoms with Crippen LogP contribution in [0, 0.1) is 0 Å². The molecule has 0 aromatic carbocycles. The summed E-state index contributed by atoms with van der Waals surface area (Å²) in [5, 5.41) is 15.7. The first-order valence-electron chi connectivity index (χ1n) is 4.17. The Morgan fingerprint density at radius 3 is 2.91 bits per heavy atom. The molecule has 2 atom stereocenters. The summed E-state index contributed by atoms with van der Waals surface area (Å²) in [6.07, 6.45) is 0.747. The van der Waals surface area contributed by atoms with E-state index in [1.165, 1.54) is 0 Å². The minimum Gasteiger partial charge on any atom is -0.390 e. The average Bonchev–Trinajstić information content (AvgIpc) is 2.37. The highest BCUT2D eigenvalue weighted by molar-refractivity contribution is 4.85. The normalized spacial score (nSPS) is 31.1. The average molecular weight is 159 g/mol. The van der Waals surface area contributed by atoms with E-state index >= 15 is 0 Å². The van der Waals surface area contributed by atoms with Crippen LogP contribution in [-0.4, -0.2) is 43.4 Å². The first kappa shape index (κ1) is 8.93. The van der Waals surface area contributed by atoms with Gasteiger partial charge in [0.25, 0.3) is 0 Å². The third kappa shape index (κ3) is 2.75. The minimum atomic E-state index is -0.229. The smallest absolute Gasteiger partial charge is 0.0829 e. The Morgan fingerprint density at radius 1 is 1.55 bits per heavy atom. The summed E-state index contributed by atoms with van der Waals surface area (Å²) in [4.78, 5) is 0. The third-order valence-electron chi connectivity index (χ3n) is 1.97. The van der Waals surface area contributed by atoms with Gasteiger partial charge in [-0.15, -0.1) is 0 Å². The molecule has 0 saturated carbocycles. The Morgan fingerprint density at radius 2 is 2.36 bits per heavy atom. The Labute approximate surface area is 67.2 Å². The number of β-amino-alcohol motifs (C(OH)–C–C–N with tert-alkyl or cyclic N) is 1. The summed E-state index contributed by atoms with van der Waals surface area (Å²) in [7, 11) is 0. The van der Waals surface area contributed by atoms with E-state index in [1.54, 1.807) is 0 Å². The van der Waals surface area contributed by atoms with Gasteiger partial charge in [-0.3, -0.25) is 0 Å². The molecule has 0 amide bonds. The Balaban J connectivity index is 2.05. The van der Waals surface area contributed by atoms with Gasteiger partial charge in [0, 0.05) is 19.1 Å². The van der Waals surface area contributed by atoms with Crippen LogP contribution in [0.4, 0.5) is 0 Å². The van der Waals surface area contributed by atoms with Crippen LogP contribution in [0.3, 0.4) is 0 Å². The first-order chi connectivity index (χ1) is 5.34. The molecule has 0 bridgehead atoms. The number of nitrogens with one attached hydrogen (secondary N) is 2. The fourth-order valence-electron chi connectivity index (χ4n) is 1.26. The van der Waals surface area contributed by atoms with E-state index in [0.29, 0.717) is 13.1 Å². The summed E-state index contributed by atoms with van der Waals surface area (Å²) in [5.74, 6) is 0. The molecule has 1 aliphatic rings. The molecule has 1 heterocycles. The van der Waals surface area contributed by atoms with Crippen molar-refractivity contribution in [2.45, 2.75) is 18.6 Å². The largest absolute Gasteiger partial charge is 0.390 e. The molecule has 1 saturated heterocycles. The van der Waals surface area contributed by atoms with E-state index in [0.717, 1.165) is 19.5 Å². The maximum atomic E-state index is 9.33. The minimum absolute atomic E-state index is 0.224. The molecule has 5 N–H and O–H groups in total. The SMILES string of the molecule is NCCCN[C@@H]1CNC[C@H]1O. The molecule has 66 valence electrons. The van der Waals surface area contributed by atoms with Gasteiger partial charge in [-0.2, -0.15) is 0 Å². The van der Waals surface area contributed by atoms with Gasteiger partial charge in [0.2, 0.25) is 0 Å². The predicted molar refractivity (Wildman–Crippen MR) is 44.3 cm³/mol. The van der Waals surface area contributed by atoms with Crippen molar-refractivity contribution in [1.29, 1.82) is 0 Å². The maximum absolute atomic E-state index is 9.33. The van der Waals surface area contributed by atoms with Crippen molar-refractivity contribution in [3.63, 3.8) is 0 Å². The van der Waals surface area contributed by atoms with Crippen molar-refractivity contribution in [2.24, 2.45) is 5.73 Å². The molecule has 1 fully saturated rings. The number of aliphatic hydroxyl groups excluding tert-OH is 1. The van der Waals surface area contributed by atoms with Crippen LogP contribution < -0.4 is 16.4 Å². The lowest BCUT2D eigenvalue weighted by atomic mass is 10.2. The highest BCUT2D eigenvalue weighted by atomic mass is 16.3. The second-order valence-corrected chi connectivity index (χ2v) is 2.93. The van der Waals surface area contributed by atoms with Crippen molar-refractivity contribution >= 4 is 0 Å². The van der Waals surface area contributed by atoms with Gasteiger partial charge in [-0.1, -0.05) is 0 Å². The van der Waals surface area contributed by atoms with E-state index in [4.69, 9.17) is 5.73 Å². The molecular weight excluding hydrogens is 142 g/mol. The molecule has 4 nitrogen and oxygen atoms in total. The number of hydrogen-bond donors (Lipinski definition) is 4. The van der Waals surface area contributed by atoms with Crippen molar-refractivity contribution < 1.29 is 5.11 Å². The molecular formula is C7H17N3O. The van der Waals surface area contributed by atoms with Gasteiger partial charge in [-0.25, -0.2) is 0 Å². The molecule has 1 rings (SSSR count). The second-order valence-electron chi connectivity index (χ2n) is 2.93. The Hall–Kier alpha value is -0.160. The van der Waals surface area contributed by atoms with Crippen LogP contribution >= 0.6 is 0 Å². The number of hydrogen-bond acceptors (Lipinski definition) is 4. The molecule has 0 unspecified atom stereocenters. The lowest BCUT2D eigenvalue weighted by molar-refractivity contribution is 0.163. The van der Waals surface area contributed by atoms with Crippen LogP contribution in [0.1, 0.15) is 6.42 Å². The molecule has 4 heteroatoms. The first-order valence-corrected chi connectivity index (χ1v) is 4.17. The van der Waals surface area contributed by atoms with E-state index in [-0.39, 0.29) is 12.1 Å². The van der Waals surface area contributed by atoms with Crippen molar-refractivity contribution in [1.82, 2.24) is 10.6 Å². The fourth-order valence-corrected chi connectivity index (χ4v) is 1.26. The van der Waals surface area contributed by atoms with Crippen LogP contribution in [-0.2, 0) is 0 Å². The molecule has 0 aliphatic carbocycles. The summed E-state index contributed by atoms with van der Waals surface area (Å²) in [6, 6.07) is 0.224. The van der Waals surface area contributed by atoms with Crippen LogP contribution in [0.15, 0.2) is 0 Å². The lowest BCUT2D eigenvalue weighted by Gasteiger charge is -2.14. The summed E-state index contributed by atoms with van der Waals surface area (Å²) < 4.78 is 0. The van der Waals surface area contributed by atoms with Crippen LogP contribution in [0.2, 0.25) is 0 Å². The summed E-state index contributed by atoms with van der Waals surface area (Å²) in [5.41, 5.74) is 5.33. The summed E-state index contributed by atoms with van der Waals surface area (Å²) >= 11 is 0. The van der Waals surface area contributed by atoms with Crippen molar-refractivity contribution in [3.8, 4) is 0 Å². The van der Waals surface area contributed by atoms with E-state index < -0.39 is 0 Å². The highest BCUT2D eigenvalue weighted by Crippen LogP contribution is 1.98. The van der Waals surface area contributed by atoms with Crippen LogP contribution in [0.5, 0.6) is 0 Å². The Kier molecular flexibility index (Phi) is 3.79. The van der Waals surface area contributed by atoms with Gasteiger partial charge in [0.15, 0.2) is 0 Å². The van der Waals surface area contributed by atoms with Gasteiger partial charge >= 0.3 is 0 Å². The fraction of sp³-hybridized carbons (Fsp3) is 1.00. The monoisotopic (exact) mass is 159 g/mol. The molecule has 1 aliphatic heterocycles. The molecule has 0 spiro atoms. The van der Waals surface area contributed by atoms with E-state index in [9.17, 15) is 5.11 Å². The van der Waals surface area contributed by atoms with Gasteiger partial charge in [0.1, 0.15) is 0 Å². The van der Waals surface area contributed by atoms with E-state index in [2.05, 4.69) is 10.6 Å². The zero-order chi connectivity index (χ0) is 8.10. The zero-order valence-corrected chi connectivity index (χ0v) is 6.71. The second kappa shape index (κ2) is 4.66. The number of rotatable bonds is 4. The topological polar surface area (TPSA) is 70.3 Å². The highest BCUT2D eigenvalue weighted by Gasteiger charge is 2.23. The zero-order valence-electron chi connectivity index (χ0n) is 6.71. The third-order valence-corrected chi connectivity index (χ3v) is 1.97. The van der Waals surface area contributed by atoms with Crippen LogP contribution in [0.25, 0.3) is 0 Å². The molecule has 0 radical (unpaired) electrons. The molecule has 0 aromatic heterocycles. The number of aliphatic hydroxyl groups is 1. The maximum Gasteiger partial charge on any atom is 0.0829 e. The molecule has 11 heavy (non-hydrogen) atoms. The van der Waals surface area contributed by atoms with Crippen molar-refractivity contribution in [2.75, 3.05) is 26.2 Å². The van der Waals surface area contributed by atoms with E-state index in [1.807, 2.05) is 0 Å².